The highest BCUT2D eigenvalue weighted by atomic mass is 16.5. The van der Waals surface area contributed by atoms with Crippen molar-refractivity contribution in [2.45, 2.75) is 6.92 Å². The molecule has 0 radical (unpaired) electrons. The number of furan rings is 1. The molecule has 1 aromatic carbocycles. The highest BCUT2D eigenvalue weighted by Gasteiger charge is 2.12. The largest absolute Gasteiger partial charge is 0.508 e. The third-order valence-electron chi connectivity index (χ3n) is 1.90. The van der Waals surface area contributed by atoms with E-state index in [1.807, 2.05) is 6.92 Å². The van der Waals surface area contributed by atoms with Gasteiger partial charge in [0.05, 0.1) is 6.61 Å². The van der Waals surface area contributed by atoms with Gasteiger partial charge in [-0.05, 0) is 6.92 Å². The first-order valence-corrected chi connectivity index (χ1v) is 4.28. The Kier molecular flexibility index (Phi) is 1.96. The molecule has 4 nitrogen and oxygen atoms in total. The highest BCUT2D eigenvalue weighted by Crippen LogP contribution is 2.37. The number of aromatic hydroxyl groups is 2. The average molecular weight is 194 g/mol. The molecule has 1 aromatic heterocycles. The molecule has 0 bridgehead atoms. The van der Waals surface area contributed by atoms with Crippen molar-refractivity contribution in [3.8, 4) is 17.2 Å². The van der Waals surface area contributed by atoms with Gasteiger partial charge in [0, 0.05) is 12.1 Å². The van der Waals surface area contributed by atoms with E-state index in [-0.39, 0.29) is 11.5 Å². The molecular weight excluding hydrogens is 184 g/mol. The zero-order valence-corrected chi connectivity index (χ0v) is 7.65. The molecule has 0 aliphatic heterocycles. The Bertz CT molecular complexity index is 458. The van der Waals surface area contributed by atoms with Crippen LogP contribution in [0.2, 0.25) is 0 Å². The molecule has 0 saturated carbocycles. The molecule has 0 spiro atoms. The molecule has 0 saturated heterocycles. The summed E-state index contributed by atoms with van der Waals surface area (Å²) in [4.78, 5) is 0. The first-order chi connectivity index (χ1) is 6.72. The predicted molar refractivity (Wildman–Crippen MR) is 50.7 cm³/mol. The number of ether oxygens (including phenoxy) is 1. The van der Waals surface area contributed by atoms with Crippen molar-refractivity contribution in [2.24, 2.45) is 0 Å². The van der Waals surface area contributed by atoms with Crippen LogP contribution < -0.4 is 4.74 Å². The number of benzene rings is 1. The van der Waals surface area contributed by atoms with Gasteiger partial charge in [-0.25, -0.2) is 0 Å². The summed E-state index contributed by atoms with van der Waals surface area (Å²) in [5, 5.41) is 19.3. The van der Waals surface area contributed by atoms with E-state index in [9.17, 15) is 10.2 Å². The standard InChI is InChI=1S/C10H10O4/c1-2-13-8-3-6(11)4-9-10(8)7(12)5-14-9/h3-5,11-12H,2H2,1H3. The molecule has 0 unspecified atom stereocenters. The van der Waals surface area contributed by atoms with Gasteiger partial charge in [0.1, 0.15) is 28.7 Å². The number of rotatable bonds is 2. The van der Waals surface area contributed by atoms with E-state index >= 15 is 0 Å². The Balaban J connectivity index is 2.70. The minimum absolute atomic E-state index is 0.0171. The summed E-state index contributed by atoms with van der Waals surface area (Å²) in [6.45, 7) is 2.29. The lowest BCUT2D eigenvalue weighted by atomic mass is 10.2. The van der Waals surface area contributed by atoms with Gasteiger partial charge in [0.2, 0.25) is 0 Å². The Morgan fingerprint density at radius 2 is 2.14 bits per heavy atom. The molecule has 0 atom stereocenters. The van der Waals surface area contributed by atoms with Gasteiger partial charge in [-0.2, -0.15) is 0 Å². The van der Waals surface area contributed by atoms with Gasteiger partial charge >= 0.3 is 0 Å². The van der Waals surface area contributed by atoms with Gasteiger partial charge in [-0.3, -0.25) is 0 Å². The lowest BCUT2D eigenvalue weighted by molar-refractivity contribution is 0.341. The van der Waals surface area contributed by atoms with Crippen molar-refractivity contribution in [2.75, 3.05) is 6.61 Å². The van der Waals surface area contributed by atoms with Crippen LogP contribution in [0, 0.1) is 0 Å². The van der Waals surface area contributed by atoms with Crippen LogP contribution >= 0.6 is 0 Å². The molecule has 2 aromatic rings. The van der Waals surface area contributed by atoms with Crippen molar-refractivity contribution < 1.29 is 19.4 Å². The zero-order valence-electron chi connectivity index (χ0n) is 7.65. The highest BCUT2D eigenvalue weighted by molar-refractivity contribution is 5.91. The quantitative estimate of drug-likeness (QED) is 0.769. The summed E-state index contributed by atoms with van der Waals surface area (Å²) in [5.74, 6) is 0.493. The van der Waals surface area contributed by atoms with Crippen LogP contribution in [0.1, 0.15) is 6.92 Å². The van der Waals surface area contributed by atoms with Gasteiger partial charge in [-0.15, -0.1) is 0 Å². The lowest BCUT2D eigenvalue weighted by Gasteiger charge is -2.04. The van der Waals surface area contributed by atoms with E-state index in [2.05, 4.69) is 0 Å². The second-order valence-corrected chi connectivity index (χ2v) is 2.87. The Morgan fingerprint density at radius 3 is 2.86 bits per heavy atom. The maximum absolute atomic E-state index is 9.45. The molecule has 0 amide bonds. The molecule has 0 aliphatic carbocycles. The van der Waals surface area contributed by atoms with E-state index in [0.29, 0.717) is 23.3 Å². The first kappa shape index (κ1) is 8.74. The monoisotopic (exact) mass is 194 g/mol. The molecule has 0 aliphatic rings. The topological polar surface area (TPSA) is 62.8 Å². The summed E-state index contributed by atoms with van der Waals surface area (Å²) in [6, 6.07) is 2.87. The number of hydrogen-bond acceptors (Lipinski definition) is 4. The van der Waals surface area contributed by atoms with Crippen molar-refractivity contribution in [1.82, 2.24) is 0 Å². The molecule has 74 valence electrons. The number of phenols is 1. The Morgan fingerprint density at radius 1 is 1.36 bits per heavy atom. The fourth-order valence-electron chi connectivity index (χ4n) is 1.37. The van der Waals surface area contributed by atoms with Crippen molar-refractivity contribution >= 4 is 11.0 Å². The van der Waals surface area contributed by atoms with Crippen LogP contribution in [0.25, 0.3) is 11.0 Å². The van der Waals surface area contributed by atoms with Gasteiger partial charge < -0.3 is 19.4 Å². The fourth-order valence-corrected chi connectivity index (χ4v) is 1.37. The molecule has 0 fully saturated rings. The van der Waals surface area contributed by atoms with Crippen LogP contribution in [0.5, 0.6) is 17.2 Å². The maximum atomic E-state index is 9.45. The smallest absolute Gasteiger partial charge is 0.165 e. The Hall–Kier alpha value is -1.84. The Labute approximate surface area is 80.3 Å². The molecule has 4 heteroatoms. The number of fused-ring (bicyclic) bond motifs is 1. The molecule has 2 N–H and O–H groups in total. The third kappa shape index (κ3) is 1.25. The first-order valence-electron chi connectivity index (χ1n) is 4.28. The summed E-state index contributed by atoms with van der Waals surface area (Å²) >= 11 is 0. The van der Waals surface area contributed by atoms with E-state index < -0.39 is 0 Å². The van der Waals surface area contributed by atoms with Crippen LogP contribution in [-0.2, 0) is 0 Å². The van der Waals surface area contributed by atoms with E-state index in [4.69, 9.17) is 9.15 Å². The predicted octanol–water partition coefficient (Wildman–Crippen LogP) is 2.24. The number of hydrogen-bond donors (Lipinski definition) is 2. The summed E-state index contributed by atoms with van der Waals surface area (Å²) in [7, 11) is 0. The second-order valence-electron chi connectivity index (χ2n) is 2.87. The fraction of sp³-hybridized carbons (Fsp3) is 0.200. The SMILES string of the molecule is CCOc1cc(O)cc2occ(O)c12. The molecule has 2 rings (SSSR count). The van der Waals surface area contributed by atoms with E-state index in [1.54, 1.807) is 0 Å². The molecule has 14 heavy (non-hydrogen) atoms. The number of phenolic OH excluding ortho intramolecular Hbond substituents is 1. The minimum Gasteiger partial charge on any atom is -0.508 e. The van der Waals surface area contributed by atoms with Gasteiger partial charge in [-0.1, -0.05) is 0 Å². The molecule has 1 heterocycles. The van der Waals surface area contributed by atoms with Crippen LogP contribution in [0.3, 0.4) is 0 Å². The maximum Gasteiger partial charge on any atom is 0.165 e. The summed E-state index contributed by atoms with van der Waals surface area (Å²) in [5.41, 5.74) is 0.408. The van der Waals surface area contributed by atoms with Gasteiger partial charge in [0.25, 0.3) is 0 Å². The third-order valence-corrected chi connectivity index (χ3v) is 1.90. The zero-order chi connectivity index (χ0) is 10.1. The summed E-state index contributed by atoms with van der Waals surface area (Å²) in [6.07, 6.45) is 1.21. The lowest BCUT2D eigenvalue weighted by Crippen LogP contribution is -1.91. The summed E-state index contributed by atoms with van der Waals surface area (Å²) < 4.78 is 10.3. The van der Waals surface area contributed by atoms with Crippen LogP contribution in [0.4, 0.5) is 0 Å². The second kappa shape index (κ2) is 3.14. The van der Waals surface area contributed by atoms with Crippen molar-refractivity contribution in [3.05, 3.63) is 18.4 Å². The molecular formula is C10H10O4. The van der Waals surface area contributed by atoms with Crippen molar-refractivity contribution in [3.63, 3.8) is 0 Å². The van der Waals surface area contributed by atoms with E-state index in [1.165, 1.54) is 18.4 Å². The van der Waals surface area contributed by atoms with Crippen molar-refractivity contribution in [1.29, 1.82) is 0 Å². The van der Waals surface area contributed by atoms with Crippen LogP contribution in [-0.4, -0.2) is 16.8 Å². The van der Waals surface area contributed by atoms with E-state index in [0.717, 1.165) is 0 Å². The minimum atomic E-state index is 0.0171. The average Bonchev–Trinajstić information content (AvgIpc) is 2.48. The van der Waals surface area contributed by atoms with Crippen LogP contribution in [0.15, 0.2) is 22.8 Å². The van der Waals surface area contributed by atoms with Gasteiger partial charge in [0.15, 0.2) is 5.75 Å². The normalized spacial score (nSPS) is 10.6.